The van der Waals surface area contributed by atoms with Crippen molar-refractivity contribution in [2.24, 2.45) is 0 Å². The largest absolute Gasteiger partial charge is 0.457 e. The van der Waals surface area contributed by atoms with E-state index in [1.54, 1.807) is 60.7 Å². The van der Waals surface area contributed by atoms with E-state index in [4.69, 9.17) is 88.6 Å². The normalized spacial score (nSPS) is 10.6. The minimum absolute atomic E-state index is 0.160. The summed E-state index contributed by atoms with van der Waals surface area (Å²) in [6.45, 7) is -0.344. The molecule has 0 atom stereocenters. The van der Waals surface area contributed by atoms with Crippen LogP contribution in [-0.2, 0) is 32.3 Å². The van der Waals surface area contributed by atoms with Crippen molar-refractivity contribution in [3.63, 3.8) is 0 Å². The van der Waals surface area contributed by atoms with Gasteiger partial charge in [0, 0.05) is 0 Å². The summed E-state index contributed by atoms with van der Waals surface area (Å²) in [6.07, 6.45) is 0. The van der Waals surface area contributed by atoms with Crippen LogP contribution < -0.4 is 9.47 Å². The maximum atomic E-state index is 13.0. The van der Waals surface area contributed by atoms with Gasteiger partial charge in [-0.3, -0.25) is 0 Å². The van der Waals surface area contributed by atoms with Gasteiger partial charge in [-0.05, 0) is 23.3 Å². The lowest BCUT2D eigenvalue weighted by Gasteiger charge is -2.15. The summed E-state index contributed by atoms with van der Waals surface area (Å²) < 4.78 is 20.8. The molecule has 0 saturated carbocycles. The van der Waals surface area contributed by atoms with Gasteiger partial charge in [0.2, 0.25) is 0 Å². The second kappa shape index (κ2) is 15.0. The monoisotopic (exact) mass is 714 g/mol. The molecule has 0 saturated heterocycles. The van der Waals surface area contributed by atoms with Crippen molar-refractivity contribution >= 4 is 93.5 Å². The van der Waals surface area contributed by atoms with Crippen LogP contribution in [0.15, 0.2) is 72.8 Å². The van der Waals surface area contributed by atoms with Crippen molar-refractivity contribution in [2.75, 3.05) is 0 Å². The van der Waals surface area contributed by atoms with Crippen LogP contribution in [0.2, 0.25) is 30.1 Å². The van der Waals surface area contributed by atoms with Gasteiger partial charge >= 0.3 is 23.9 Å². The molecule has 0 aliphatic heterocycles. The SMILES string of the molecule is O=C(Oc1c(Cl)cc(Cl)c(Cl)c1C(=O)OCc1ccccc1)C(=O)Oc1c(Cl)cc(Cl)c(Cl)c1C(=O)OCc1ccccc1. The number of hydrogen-bond acceptors (Lipinski definition) is 8. The standard InChI is InChI=1S/C30H16Cl6O8/c31-17-11-19(33)25(21(23(17)35)27(37)41-13-15-7-3-1-4-8-15)43-29(39)30(40)44-26-20(34)12-18(32)24(36)22(26)28(38)42-14-16-9-5-2-6-10-16/h1-12H,13-14H2. The van der Waals surface area contributed by atoms with Gasteiger partial charge in [0.25, 0.3) is 0 Å². The van der Waals surface area contributed by atoms with E-state index in [0.29, 0.717) is 11.1 Å². The number of benzene rings is 4. The molecule has 0 radical (unpaired) electrons. The molecule has 226 valence electrons. The Hall–Kier alpha value is -3.50. The molecule has 0 spiro atoms. The summed E-state index contributed by atoms with van der Waals surface area (Å²) in [5.74, 6) is -6.76. The maximum Gasteiger partial charge on any atom is 0.423 e. The molecule has 8 nitrogen and oxygen atoms in total. The van der Waals surface area contributed by atoms with Crippen molar-refractivity contribution in [3.05, 3.63) is 125 Å². The van der Waals surface area contributed by atoms with Gasteiger partial charge < -0.3 is 18.9 Å². The Balaban J connectivity index is 1.57. The Kier molecular flexibility index (Phi) is 11.4. The molecule has 0 bridgehead atoms. The van der Waals surface area contributed by atoms with Crippen molar-refractivity contribution in [1.29, 1.82) is 0 Å². The molecule has 4 rings (SSSR count). The van der Waals surface area contributed by atoms with Crippen LogP contribution in [0.5, 0.6) is 11.5 Å². The molecule has 4 aromatic carbocycles. The van der Waals surface area contributed by atoms with E-state index < -0.39 is 46.5 Å². The first-order valence-corrected chi connectivity index (χ1v) is 14.5. The molecule has 0 aliphatic rings. The van der Waals surface area contributed by atoms with Crippen LogP contribution in [0.25, 0.3) is 0 Å². The molecule has 0 unspecified atom stereocenters. The molecule has 14 heteroatoms. The Labute approximate surface area is 280 Å². The zero-order valence-electron chi connectivity index (χ0n) is 21.9. The lowest BCUT2D eigenvalue weighted by Crippen LogP contribution is -2.27. The topological polar surface area (TPSA) is 105 Å². The van der Waals surface area contributed by atoms with E-state index in [2.05, 4.69) is 0 Å². The first kappa shape index (κ1) is 33.4. The fraction of sp³-hybridized carbons (Fsp3) is 0.0667. The van der Waals surface area contributed by atoms with Gasteiger partial charge in [0.05, 0.1) is 30.1 Å². The molecular formula is C30H16Cl6O8. The van der Waals surface area contributed by atoms with E-state index in [-0.39, 0.29) is 43.3 Å². The van der Waals surface area contributed by atoms with Crippen LogP contribution >= 0.6 is 69.6 Å². The summed E-state index contributed by atoms with van der Waals surface area (Å²) in [7, 11) is 0. The first-order valence-electron chi connectivity index (χ1n) is 12.2. The molecule has 0 aromatic heterocycles. The predicted molar refractivity (Wildman–Crippen MR) is 165 cm³/mol. The average molecular weight is 717 g/mol. The van der Waals surface area contributed by atoms with Gasteiger partial charge in [-0.2, -0.15) is 0 Å². The third-order valence-electron chi connectivity index (χ3n) is 5.64. The Morgan fingerprint density at radius 1 is 0.500 bits per heavy atom. The van der Waals surface area contributed by atoms with Gasteiger partial charge in [0.15, 0.2) is 11.5 Å². The number of halogens is 6. The predicted octanol–water partition coefficient (Wildman–Crippen LogP) is 8.83. The van der Waals surface area contributed by atoms with E-state index >= 15 is 0 Å². The number of carbonyl (C=O) groups is 4. The van der Waals surface area contributed by atoms with Crippen molar-refractivity contribution in [3.8, 4) is 11.5 Å². The third-order valence-corrected chi connectivity index (χ3v) is 7.78. The van der Waals surface area contributed by atoms with Gasteiger partial charge in [-0.15, -0.1) is 0 Å². The van der Waals surface area contributed by atoms with Crippen molar-refractivity contribution < 1.29 is 38.1 Å². The third kappa shape index (κ3) is 7.95. The molecule has 4 aromatic rings. The second-order valence-corrected chi connectivity index (χ2v) is 11.0. The number of rotatable bonds is 8. The van der Waals surface area contributed by atoms with Crippen LogP contribution in [0.4, 0.5) is 0 Å². The highest BCUT2D eigenvalue weighted by atomic mass is 35.5. The van der Waals surface area contributed by atoms with Crippen LogP contribution in [0.1, 0.15) is 31.8 Å². The van der Waals surface area contributed by atoms with Gasteiger partial charge in [0.1, 0.15) is 24.3 Å². The summed E-state index contributed by atoms with van der Waals surface area (Å²) in [5, 5.41) is -1.75. The minimum Gasteiger partial charge on any atom is -0.457 e. The number of hydrogen-bond donors (Lipinski definition) is 0. The maximum absolute atomic E-state index is 13.0. The van der Waals surface area contributed by atoms with Crippen LogP contribution in [-0.4, -0.2) is 23.9 Å². The Bertz CT molecular complexity index is 1620. The Morgan fingerprint density at radius 3 is 1.18 bits per heavy atom. The van der Waals surface area contributed by atoms with Crippen LogP contribution in [0, 0.1) is 0 Å². The highest BCUT2D eigenvalue weighted by molar-refractivity contribution is 6.47. The summed E-state index contributed by atoms with van der Waals surface area (Å²) in [5.41, 5.74) is 0.227. The molecule has 0 fully saturated rings. The number of ether oxygens (including phenoxy) is 4. The Morgan fingerprint density at radius 2 is 0.841 bits per heavy atom. The number of carbonyl (C=O) groups excluding carboxylic acids is 4. The second-order valence-electron chi connectivity index (χ2n) is 8.62. The molecule has 44 heavy (non-hydrogen) atoms. The average Bonchev–Trinajstić information content (AvgIpc) is 3.01. The van der Waals surface area contributed by atoms with Gasteiger partial charge in [-0.1, -0.05) is 130 Å². The molecule has 0 N–H and O–H groups in total. The zero-order chi connectivity index (χ0) is 32.0. The smallest absolute Gasteiger partial charge is 0.423 e. The van der Waals surface area contributed by atoms with Crippen molar-refractivity contribution in [2.45, 2.75) is 13.2 Å². The van der Waals surface area contributed by atoms with Crippen molar-refractivity contribution in [1.82, 2.24) is 0 Å². The number of esters is 4. The highest BCUT2D eigenvalue weighted by Crippen LogP contribution is 2.41. The summed E-state index contributed by atoms with van der Waals surface area (Å²) >= 11 is 37.0. The van der Waals surface area contributed by atoms with E-state index in [0.717, 1.165) is 12.1 Å². The van der Waals surface area contributed by atoms with E-state index in [9.17, 15) is 19.2 Å². The highest BCUT2D eigenvalue weighted by Gasteiger charge is 2.32. The first-order chi connectivity index (χ1) is 21.0. The van der Waals surface area contributed by atoms with Crippen LogP contribution in [0.3, 0.4) is 0 Å². The lowest BCUT2D eigenvalue weighted by atomic mass is 10.2. The summed E-state index contributed by atoms with van der Waals surface area (Å²) in [6, 6.07) is 19.5. The molecular weight excluding hydrogens is 701 g/mol. The lowest BCUT2D eigenvalue weighted by molar-refractivity contribution is -0.156. The fourth-order valence-electron chi connectivity index (χ4n) is 3.58. The van der Waals surface area contributed by atoms with E-state index in [1.807, 2.05) is 0 Å². The zero-order valence-corrected chi connectivity index (χ0v) is 26.4. The quantitative estimate of drug-likeness (QED) is 0.0771. The molecule has 0 heterocycles. The van der Waals surface area contributed by atoms with Gasteiger partial charge in [-0.25, -0.2) is 19.2 Å². The molecule has 0 aliphatic carbocycles. The molecule has 0 amide bonds. The van der Waals surface area contributed by atoms with E-state index in [1.165, 1.54) is 0 Å². The fourth-order valence-corrected chi connectivity index (χ4v) is 5.02. The minimum atomic E-state index is -1.69. The summed E-state index contributed by atoms with van der Waals surface area (Å²) in [4.78, 5) is 51.7.